The molecule has 0 aliphatic carbocycles. The maximum absolute atomic E-state index is 13.3. The van der Waals surface area contributed by atoms with E-state index in [2.05, 4.69) is 4.74 Å². The molecule has 0 radical (unpaired) electrons. The number of ketones is 1. The predicted molar refractivity (Wildman–Crippen MR) is 129 cm³/mol. The lowest BCUT2D eigenvalue weighted by Gasteiger charge is -2.26. The Morgan fingerprint density at radius 3 is 2.14 bits per heavy atom. The van der Waals surface area contributed by atoms with Gasteiger partial charge in [-0.05, 0) is 60.5 Å². The minimum absolute atomic E-state index is 0.0184. The highest BCUT2D eigenvalue weighted by atomic mass is 19.4. The van der Waals surface area contributed by atoms with E-state index in [-0.39, 0.29) is 11.3 Å². The van der Waals surface area contributed by atoms with Crippen LogP contribution in [0.25, 0.3) is 5.76 Å². The van der Waals surface area contributed by atoms with Crippen molar-refractivity contribution in [3.8, 4) is 17.2 Å². The van der Waals surface area contributed by atoms with Crippen molar-refractivity contribution >= 4 is 23.1 Å². The van der Waals surface area contributed by atoms with Gasteiger partial charge in [0, 0.05) is 17.3 Å². The van der Waals surface area contributed by atoms with Crippen LogP contribution in [0.3, 0.4) is 0 Å². The Hall–Kier alpha value is -4.47. The van der Waals surface area contributed by atoms with Gasteiger partial charge in [0.15, 0.2) is 0 Å². The number of halogens is 3. The topological polar surface area (TPSA) is 85.3 Å². The molecule has 1 heterocycles. The quantitative estimate of drug-likeness (QED) is 0.265. The van der Waals surface area contributed by atoms with E-state index in [1.54, 1.807) is 49.4 Å². The number of anilines is 1. The number of ether oxygens (including phenoxy) is 3. The Labute approximate surface area is 210 Å². The molecular weight excluding hydrogens is 491 g/mol. The highest BCUT2D eigenvalue weighted by Crippen LogP contribution is 2.44. The molecule has 3 aromatic carbocycles. The smallest absolute Gasteiger partial charge is 0.507 e. The van der Waals surface area contributed by atoms with Gasteiger partial charge in [-0.25, -0.2) is 0 Å². The van der Waals surface area contributed by atoms with E-state index < -0.39 is 35.6 Å². The van der Waals surface area contributed by atoms with Crippen LogP contribution in [0, 0.1) is 6.92 Å². The summed E-state index contributed by atoms with van der Waals surface area (Å²) in [5.74, 6) is -1.96. The normalized spacial score (nSPS) is 17.1. The second kappa shape index (κ2) is 9.88. The fourth-order valence-electron chi connectivity index (χ4n) is 4.20. The molecule has 0 aromatic heterocycles. The Morgan fingerprint density at radius 1 is 0.892 bits per heavy atom. The zero-order valence-corrected chi connectivity index (χ0v) is 20.0. The largest absolute Gasteiger partial charge is 0.573 e. The van der Waals surface area contributed by atoms with E-state index >= 15 is 0 Å². The molecule has 7 nitrogen and oxygen atoms in total. The van der Waals surface area contributed by atoms with Crippen LogP contribution in [0.4, 0.5) is 18.9 Å². The highest BCUT2D eigenvalue weighted by molar-refractivity contribution is 6.51. The molecule has 0 bridgehead atoms. The lowest BCUT2D eigenvalue weighted by atomic mass is 9.93. The number of Topliss-reactive ketones (excluding diaryl/α,β-unsaturated/α-hetero) is 1. The van der Waals surface area contributed by atoms with Crippen LogP contribution in [0.5, 0.6) is 17.2 Å². The SMILES string of the molecule is COc1ccc(C2/C(=C(/O)c3ccc(OC)cc3C)C(=O)C(=O)N2c2cccc(OC(F)(F)F)c2)cc1. The van der Waals surface area contributed by atoms with Crippen molar-refractivity contribution in [1.82, 2.24) is 0 Å². The van der Waals surface area contributed by atoms with Crippen molar-refractivity contribution in [2.75, 3.05) is 19.1 Å². The molecule has 0 spiro atoms. The molecule has 37 heavy (non-hydrogen) atoms. The Morgan fingerprint density at radius 2 is 1.54 bits per heavy atom. The molecule has 1 unspecified atom stereocenters. The summed E-state index contributed by atoms with van der Waals surface area (Å²) in [6, 6.07) is 14.8. The summed E-state index contributed by atoms with van der Waals surface area (Å²) >= 11 is 0. The van der Waals surface area contributed by atoms with Crippen LogP contribution in [0.2, 0.25) is 0 Å². The van der Waals surface area contributed by atoms with Gasteiger partial charge < -0.3 is 19.3 Å². The summed E-state index contributed by atoms with van der Waals surface area (Å²) in [6.07, 6.45) is -4.95. The Balaban J connectivity index is 1.91. The molecule has 192 valence electrons. The Bertz CT molecular complexity index is 1380. The van der Waals surface area contributed by atoms with Gasteiger partial charge in [-0.1, -0.05) is 18.2 Å². The highest BCUT2D eigenvalue weighted by Gasteiger charge is 2.47. The number of rotatable bonds is 6. The number of alkyl halides is 3. The van der Waals surface area contributed by atoms with E-state index in [0.717, 1.165) is 17.0 Å². The van der Waals surface area contributed by atoms with Crippen molar-refractivity contribution in [2.45, 2.75) is 19.3 Å². The van der Waals surface area contributed by atoms with Crippen molar-refractivity contribution in [2.24, 2.45) is 0 Å². The molecule has 1 aliphatic heterocycles. The molecule has 0 saturated carbocycles. The number of carbonyl (C=O) groups excluding carboxylic acids is 2. The molecule has 1 atom stereocenters. The standard InChI is InChI=1S/C27H22F3NO6/c1-15-13-19(36-3)11-12-21(15)24(32)22-23(16-7-9-18(35-2)10-8-16)31(26(34)25(22)33)17-5-4-6-20(14-17)37-27(28,29)30/h4-14,23,32H,1-3H3/b24-22-. The first-order valence-corrected chi connectivity index (χ1v) is 11.0. The first-order chi connectivity index (χ1) is 17.5. The van der Waals surface area contributed by atoms with Gasteiger partial charge in [0.25, 0.3) is 11.7 Å². The van der Waals surface area contributed by atoms with Gasteiger partial charge in [0.1, 0.15) is 23.0 Å². The van der Waals surface area contributed by atoms with Crippen molar-refractivity contribution in [3.05, 3.63) is 89.0 Å². The third-order valence-electron chi connectivity index (χ3n) is 5.89. The number of aliphatic hydroxyl groups is 1. The molecule has 1 N–H and O–H groups in total. The summed E-state index contributed by atoms with van der Waals surface area (Å²) in [7, 11) is 2.96. The molecule has 1 saturated heterocycles. The minimum Gasteiger partial charge on any atom is -0.507 e. The van der Waals surface area contributed by atoms with Crippen molar-refractivity contribution in [3.63, 3.8) is 0 Å². The summed E-state index contributed by atoms with van der Waals surface area (Å²) < 4.78 is 52.9. The number of carbonyl (C=O) groups is 2. The van der Waals surface area contributed by atoms with Crippen molar-refractivity contribution < 1.29 is 42.1 Å². The maximum atomic E-state index is 13.3. The molecule has 1 fully saturated rings. The molecular formula is C27H22F3NO6. The van der Waals surface area contributed by atoms with E-state index in [1.807, 2.05) is 0 Å². The molecule has 1 aliphatic rings. The third-order valence-corrected chi connectivity index (χ3v) is 5.89. The lowest BCUT2D eigenvalue weighted by molar-refractivity contribution is -0.274. The Kier molecular flexibility index (Phi) is 6.84. The van der Waals surface area contributed by atoms with Crippen LogP contribution < -0.4 is 19.1 Å². The predicted octanol–water partition coefficient (Wildman–Crippen LogP) is 5.54. The zero-order chi connectivity index (χ0) is 26.9. The second-order valence-corrected chi connectivity index (χ2v) is 8.17. The van der Waals surface area contributed by atoms with Crippen molar-refractivity contribution in [1.29, 1.82) is 0 Å². The molecule has 1 amide bonds. The zero-order valence-electron chi connectivity index (χ0n) is 20.0. The summed E-state index contributed by atoms with van der Waals surface area (Å²) in [4.78, 5) is 27.6. The van der Waals surface area contributed by atoms with E-state index in [0.29, 0.717) is 28.2 Å². The first-order valence-electron chi connectivity index (χ1n) is 11.0. The van der Waals surface area contributed by atoms with Gasteiger partial charge in [-0.2, -0.15) is 0 Å². The third kappa shape index (κ3) is 5.09. The van der Waals surface area contributed by atoms with Gasteiger partial charge in [0.05, 0.1) is 25.8 Å². The average molecular weight is 513 g/mol. The molecule has 4 rings (SSSR count). The number of hydrogen-bond donors (Lipinski definition) is 1. The maximum Gasteiger partial charge on any atom is 0.573 e. The van der Waals surface area contributed by atoms with Crippen LogP contribution in [0.1, 0.15) is 22.7 Å². The fourth-order valence-corrected chi connectivity index (χ4v) is 4.20. The van der Waals surface area contributed by atoms with E-state index in [9.17, 15) is 27.9 Å². The van der Waals surface area contributed by atoms with Crippen LogP contribution >= 0.6 is 0 Å². The average Bonchev–Trinajstić information content (AvgIpc) is 3.13. The summed E-state index contributed by atoms with van der Waals surface area (Å²) in [5.41, 5.74) is 1.07. The minimum atomic E-state index is -4.95. The van der Waals surface area contributed by atoms with Gasteiger partial charge in [-0.15, -0.1) is 13.2 Å². The lowest BCUT2D eigenvalue weighted by Crippen LogP contribution is -2.29. The van der Waals surface area contributed by atoms with Crippen LogP contribution in [0.15, 0.2) is 72.3 Å². The monoisotopic (exact) mass is 513 g/mol. The van der Waals surface area contributed by atoms with Crippen LogP contribution in [-0.2, 0) is 9.59 Å². The molecule has 10 heteroatoms. The van der Waals surface area contributed by atoms with Gasteiger partial charge >= 0.3 is 6.36 Å². The fraction of sp³-hybridized carbons (Fsp3) is 0.185. The number of benzene rings is 3. The van der Waals surface area contributed by atoms with Crippen LogP contribution in [-0.4, -0.2) is 37.4 Å². The summed E-state index contributed by atoms with van der Waals surface area (Å²) in [6.45, 7) is 1.70. The first kappa shape index (κ1) is 25.6. The number of amides is 1. The van der Waals surface area contributed by atoms with Gasteiger partial charge in [-0.3, -0.25) is 14.5 Å². The summed E-state index contributed by atoms with van der Waals surface area (Å²) in [5, 5.41) is 11.3. The number of aryl methyl sites for hydroxylation is 1. The number of methoxy groups -OCH3 is 2. The van der Waals surface area contributed by atoms with Gasteiger partial charge in [0.2, 0.25) is 0 Å². The number of nitrogens with zero attached hydrogens (tertiary/aromatic N) is 1. The number of hydrogen-bond acceptors (Lipinski definition) is 6. The number of aliphatic hydroxyl groups excluding tert-OH is 1. The second-order valence-electron chi connectivity index (χ2n) is 8.17. The van der Waals surface area contributed by atoms with E-state index in [4.69, 9.17) is 9.47 Å². The van der Waals surface area contributed by atoms with E-state index in [1.165, 1.54) is 26.4 Å². The molecule has 3 aromatic rings.